The summed E-state index contributed by atoms with van der Waals surface area (Å²) in [5.41, 5.74) is 3.06. The van der Waals surface area contributed by atoms with Gasteiger partial charge in [-0.3, -0.25) is 9.59 Å². The van der Waals surface area contributed by atoms with Crippen LogP contribution >= 0.6 is 11.3 Å². The molecule has 0 unspecified atom stereocenters. The topological polar surface area (TPSA) is 95.1 Å². The van der Waals surface area contributed by atoms with Gasteiger partial charge in [0.1, 0.15) is 10.7 Å². The van der Waals surface area contributed by atoms with Crippen LogP contribution in [-0.4, -0.2) is 29.4 Å². The Morgan fingerprint density at radius 1 is 1.19 bits per heavy atom. The minimum Gasteiger partial charge on any atom is -0.381 e. The van der Waals surface area contributed by atoms with E-state index < -0.39 is 0 Å². The summed E-state index contributed by atoms with van der Waals surface area (Å²) in [6, 6.07) is 15.4. The Hall–Kier alpha value is -3.91. The van der Waals surface area contributed by atoms with Gasteiger partial charge in [-0.25, -0.2) is 4.98 Å². The number of amides is 2. The van der Waals surface area contributed by atoms with E-state index in [1.165, 1.54) is 17.4 Å². The molecule has 32 heavy (non-hydrogen) atoms. The van der Waals surface area contributed by atoms with E-state index in [-0.39, 0.29) is 17.9 Å². The number of nitrogens with one attached hydrogen (secondary N) is 4. The number of hydrogen-bond acceptors (Lipinski definition) is 6. The molecule has 2 aromatic heterocycles. The minimum atomic E-state index is -0.280. The lowest BCUT2D eigenvalue weighted by Gasteiger charge is -2.13. The van der Waals surface area contributed by atoms with Gasteiger partial charge in [0.25, 0.3) is 5.91 Å². The van der Waals surface area contributed by atoms with Crippen LogP contribution in [-0.2, 0) is 4.79 Å². The van der Waals surface area contributed by atoms with Crippen LogP contribution in [0.15, 0.2) is 61.2 Å². The maximum absolute atomic E-state index is 12.6. The first-order valence-corrected chi connectivity index (χ1v) is 11.1. The highest BCUT2D eigenvalue weighted by Gasteiger charge is 2.24. The molecule has 2 aromatic carbocycles. The Bertz CT molecular complexity index is 1390. The van der Waals surface area contributed by atoms with Gasteiger partial charge in [0.05, 0.1) is 22.6 Å². The van der Waals surface area contributed by atoms with Crippen LogP contribution in [0.5, 0.6) is 0 Å². The molecule has 4 aromatic rings. The Balaban J connectivity index is 1.55. The maximum Gasteiger partial charge on any atom is 0.263 e. The van der Waals surface area contributed by atoms with Gasteiger partial charge >= 0.3 is 0 Å². The zero-order valence-corrected chi connectivity index (χ0v) is 18.2. The second-order valence-electron chi connectivity index (χ2n) is 7.63. The summed E-state index contributed by atoms with van der Waals surface area (Å²) in [5.74, 6) is 0.325. The van der Waals surface area contributed by atoms with Gasteiger partial charge < -0.3 is 21.3 Å². The quantitative estimate of drug-likeness (QED) is 0.338. The predicted octanol–water partition coefficient (Wildman–Crippen LogP) is 4.86. The third-order valence-corrected chi connectivity index (χ3v) is 6.48. The first-order chi connectivity index (χ1) is 15.5. The molecule has 8 heteroatoms. The van der Waals surface area contributed by atoms with Gasteiger partial charge in [-0.15, -0.1) is 11.3 Å². The molecule has 1 atom stereocenters. The second kappa shape index (κ2) is 7.97. The van der Waals surface area contributed by atoms with Crippen LogP contribution in [0.3, 0.4) is 0 Å². The van der Waals surface area contributed by atoms with Gasteiger partial charge in [-0.1, -0.05) is 18.7 Å². The SMILES string of the molecule is C=CC(=O)Nc1ccccc1Nc1ccc2c(ccc3sc4c(c32)NC[C@@H](C)NC4=O)n1. The number of rotatable bonds is 4. The van der Waals surface area contributed by atoms with Crippen molar-refractivity contribution in [1.29, 1.82) is 0 Å². The Labute approximate surface area is 188 Å². The Kier molecular flexibility index (Phi) is 4.99. The van der Waals surface area contributed by atoms with Crippen molar-refractivity contribution in [3.05, 3.63) is 66.1 Å². The Morgan fingerprint density at radius 3 is 2.81 bits per heavy atom. The van der Waals surface area contributed by atoms with Crippen molar-refractivity contribution in [1.82, 2.24) is 10.3 Å². The Morgan fingerprint density at radius 2 is 2.00 bits per heavy atom. The molecule has 0 saturated carbocycles. The van der Waals surface area contributed by atoms with Gasteiger partial charge in [-0.05, 0) is 49.4 Å². The largest absolute Gasteiger partial charge is 0.381 e. The lowest BCUT2D eigenvalue weighted by Crippen LogP contribution is -2.34. The number of para-hydroxylation sites is 2. The van der Waals surface area contributed by atoms with Crippen LogP contribution in [0, 0.1) is 0 Å². The molecular weight excluding hydrogens is 422 g/mol. The lowest BCUT2D eigenvalue weighted by molar-refractivity contribution is -0.111. The molecular formula is C24H21N5O2S. The van der Waals surface area contributed by atoms with Crippen molar-refractivity contribution in [3.8, 4) is 0 Å². The van der Waals surface area contributed by atoms with Gasteiger partial charge in [0.2, 0.25) is 5.91 Å². The van der Waals surface area contributed by atoms with Crippen molar-refractivity contribution in [3.63, 3.8) is 0 Å². The van der Waals surface area contributed by atoms with Crippen LogP contribution in [0.2, 0.25) is 0 Å². The second-order valence-corrected chi connectivity index (χ2v) is 8.68. The fourth-order valence-corrected chi connectivity index (χ4v) is 4.92. The van der Waals surface area contributed by atoms with Crippen molar-refractivity contribution in [2.24, 2.45) is 0 Å². The fraction of sp³-hybridized carbons (Fsp3) is 0.125. The van der Waals surface area contributed by atoms with E-state index in [0.29, 0.717) is 22.9 Å². The molecule has 0 bridgehead atoms. The number of benzene rings is 2. The fourth-order valence-electron chi connectivity index (χ4n) is 3.82. The average Bonchev–Trinajstić information content (AvgIpc) is 3.11. The number of anilines is 4. The molecule has 0 aliphatic carbocycles. The number of fused-ring (bicyclic) bond motifs is 5. The average molecular weight is 444 g/mol. The molecule has 5 rings (SSSR count). The van der Waals surface area contributed by atoms with E-state index in [4.69, 9.17) is 4.98 Å². The summed E-state index contributed by atoms with van der Waals surface area (Å²) in [6.45, 7) is 6.15. The van der Waals surface area contributed by atoms with E-state index in [9.17, 15) is 9.59 Å². The van der Waals surface area contributed by atoms with E-state index >= 15 is 0 Å². The number of carbonyl (C=O) groups excluding carboxylic acids is 2. The maximum atomic E-state index is 12.6. The predicted molar refractivity (Wildman–Crippen MR) is 131 cm³/mol. The molecule has 0 saturated heterocycles. The zero-order valence-electron chi connectivity index (χ0n) is 17.4. The van der Waals surface area contributed by atoms with Gasteiger partial charge in [-0.2, -0.15) is 0 Å². The summed E-state index contributed by atoms with van der Waals surface area (Å²) < 4.78 is 1.04. The summed E-state index contributed by atoms with van der Waals surface area (Å²) >= 11 is 1.49. The highest BCUT2D eigenvalue weighted by Crippen LogP contribution is 2.41. The van der Waals surface area contributed by atoms with Gasteiger partial charge in [0, 0.05) is 28.1 Å². The smallest absolute Gasteiger partial charge is 0.263 e. The van der Waals surface area contributed by atoms with Crippen LogP contribution in [0.25, 0.3) is 21.0 Å². The van der Waals surface area contributed by atoms with Crippen molar-refractivity contribution >= 4 is 67.0 Å². The number of pyridine rings is 1. The standard InChI is InChI=1S/C24H21N5O2S/c1-3-20(30)29-17-7-5-4-6-16(17)28-19-11-8-14-15(27-19)9-10-18-21(14)22-23(32-18)24(31)26-13(2)12-25-22/h3-11,13,25H,1,12H2,2H3,(H,26,31)(H,27,28)(H,29,30)/t13-/m1/s1. The first kappa shape index (κ1) is 20.0. The van der Waals surface area contributed by atoms with Crippen molar-refractivity contribution < 1.29 is 9.59 Å². The molecule has 7 nitrogen and oxygen atoms in total. The normalized spacial score (nSPS) is 15.4. The van der Waals surface area contributed by atoms with Crippen molar-refractivity contribution in [2.45, 2.75) is 13.0 Å². The highest BCUT2D eigenvalue weighted by molar-refractivity contribution is 7.21. The number of carbonyl (C=O) groups is 2. The van der Waals surface area contributed by atoms with E-state index in [2.05, 4.69) is 27.8 Å². The van der Waals surface area contributed by atoms with E-state index in [1.54, 1.807) is 0 Å². The summed E-state index contributed by atoms with van der Waals surface area (Å²) in [5, 5.41) is 14.5. The third kappa shape index (κ3) is 3.54. The number of nitrogens with zero attached hydrogens (tertiary/aromatic N) is 1. The zero-order chi connectivity index (χ0) is 22.2. The molecule has 3 heterocycles. The summed E-state index contributed by atoms with van der Waals surface area (Å²) in [4.78, 5) is 29.8. The van der Waals surface area contributed by atoms with Crippen LogP contribution in [0.1, 0.15) is 16.6 Å². The third-order valence-electron chi connectivity index (χ3n) is 5.32. The lowest BCUT2D eigenvalue weighted by atomic mass is 10.1. The minimum absolute atomic E-state index is 0.0451. The molecule has 1 aliphatic heterocycles. The molecule has 1 aliphatic rings. The van der Waals surface area contributed by atoms with Gasteiger partial charge in [0.15, 0.2) is 0 Å². The van der Waals surface area contributed by atoms with Crippen LogP contribution in [0.4, 0.5) is 22.9 Å². The van der Waals surface area contributed by atoms with E-state index in [0.717, 1.165) is 32.4 Å². The molecule has 4 N–H and O–H groups in total. The van der Waals surface area contributed by atoms with Crippen LogP contribution < -0.4 is 21.3 Å². The highest BCUT2D eigenvalue weighted by atomic mass is 32.1. The number of aromatic nitrogens is 1. The number of thiophene rings is 1. The number of hydrogen-bond donors (Lipinski definition) is 4. The van der Waals surface area contributed by atoms with E-state index in [1.807, 2.05) is 55.5 Å². The molecule has 2 amide bonds. The molecule has 0 fully saturated rings. The molecule has 0 spiro atoms. The first-order valence-electron chi connectivity index (χ1n) is 10.2. The monoisotopic (exact) mass is 443 g/mol. The van der Waals surface area contributed by atoms with Crippen molar-refractivity contribution in [2.75, 3.05) is 22.5 Å². The summed E-state index contributed by atoms with van der Waals surface area (Å²) in [7, 11) is 0. The summed E-state index contributed by atoms with van der Waals surface area (Å²) in [6.07, 6.45) is 1.23. The molecule has 160 valence electrons. The molecule has 0 radical (unpaired) electrons.